The van der Waals surface area contributed by atoms with Crippen LogP contribution < -0.4 is 4.74 Å². The lowest BCUT2D eigenvalue weighted by Crippen LogP contribution is -2.10. The van der Waals surface area contributed by atoms with Crippen molar-refractivity contribution in [3.63, 3.8) is 0 Å². The van der Waals surface area contributed by atoms with Crippen molar-refractivity contribution in [2.75, 3.05) is 6.61 Å². The quantitative estimate of drug-likeness (QED) is 0.682. The molecule has 3 aromatic heterocycles. The van der Waals surface area contributed by atoms with Crippen LogP contribution in [0.1, 0.15) is 68.1 Å². The van der Waals surface area contributed by atoms with Gasteiger partial charge in [0, 0.05) is 12.0 Å². The maximum atomic E-state index is 5.94. The first kappa shape index (κ1) is 16.0. The van der Waals surface area contributed by atoms with E-state index in [2.05, 4.69) is 18.2 Å². The number of aryl methyl sites for hydroxylation is 2. The molecule has 5 rings (SSSR count). The normalized spacial score (nSPS) is 18.7. The second-order valence-electron chi connectivity index (χ2n) is 8.02. The van der Waals surface area contributed by atoms with Crippen LogP contribution in [0.15, 0.2) is 12.1 Å². The van der Waals surface area contributed by atoms with Crippen LogP contribution in [0, 0.1) is 19.8 Å². The number of fused-ring (bicyclic) bond motifs is 3. The molecule has 0 N–H and O–H groups in total. The Balaban J connectivity index is 1.68. The number of rotatable bonds is 4. The highest BCUT2D eigenvalue weighted by atomic mass is 16.5. The van der Waals surface area contributed by atoms with Crippen LogP contribution >= 0.6 is 0 Å². The molecule has 0 amide bonds. The number of hydrogen-bond acceptors (Lipinski definition) is 4. The summed E-state index contributed by atoms with van der Waals surface area (Å²) >= 11 is 0. The van der Waals surface area contributed by atoms with Crippen molar-refractivity contribution in [3.8, 4) is 5.88 Å². The summed E-state index contributed by atoms with van der Waals surface area (Å²) < 4.78 is 8.21. The van der Waals surface area contributed by atoms with Crippen LogP contribution in [0.4, 0.5) is 0 Å². The van der Waals surface area contributed by atoms with Crippen molar-refractivity contribution in [1.82, 2.24) is 19.4 Å². The molecule has 3 heterocycles. The first-order valence-corrected chi connectivity index (χ1v) is 10.00. The average molecular weight is 350 g/mol. The lowest BCUT2D eigenvalue weighted by Gasteiger charge is -2.21. The van der Waals surface area contributed by atoms with E-state index >= 15 is 0 Å². The van der Waals surface area contributed by atoms with Crippen molar-refractivity contribution in [1.29, 1.82) is 0 Å². The van der Waals surface area contributed by atoms with Crippen LogP contribution in [0.5, 0.6) is 5.88 Å². The standard InChI is InChI=1S/C21H26N4O/c1-13-19-14(2)23-20(16-6-4-3-5-7-16)25(19)21-17(22-13)10-11-18(24-21)26-12-15-8-9-15/h10-11,15-16H,3-9,12H2,1-2H3. The molecule has 3 aromatic rings. The number of hydrogen-bond donors (Lipinski definition) is 0. The molecule has 2 saturated carbocycles. The molecule has 2 fully saturated rings. The summed E-state index contributed by atoms with van der Waals surface area (Å²) in [7, 11) is 0. The second kappa shape index (κ2) is 6.22. The Morgan fingerprint density at radius 2 is 1.73 bits per heavy atom. The maximum Gasteiger partial charge on any atom is 0.215 e. The van der Waals surface area contributed by atoms with Gasteiger partial charge in [0.15, 0.2) is 5.65 Å². The summed E-state index contributed by atoms with van der Waals surface area (Å²) in [6.07, 6.45) is 8.94. The highest BCUT2D eigenvalue weighted by molar-refractivity contribution is 5.78. The second-order valence-corrected chi connectivity index (χ2v) is 8.02. The van der Waals surface area contributed by atoms with Crippen LogP contribution in [0.2, 0.25) is 0 Å². The number of pyridine rings is 1. The molecule has 0 bridgehead atoms. The topological polar surface area (TPSA) is 52.3 Å². The molecule has 136 valence electrons. The SMILES string of the molecule is Cc1nc(C2CCCCC2)n2c1c(C)nc1ccc(OCC3CC3)nc12. The molecule has 2 aliphatic carbocycles. The van der Waals surface area contributed by atoms with E-state index in [0.717, 1.165) is 40.6 Å². The molecule has 0 radical (unpaired) electrons. The fraction of sp³-hybridized carbons (Fsp3) is 0.571. The summed E-state index contributed by atoms with van der Waals surface area (Å²) in [5.74, 6) is 3.11. The van der Waals surface area contributed by atoms with Crippen LogP contribution in [-0.4, -0.2) is 26.0 Å². The van der Waals surface area contributed by atoms with E-state index in [-0.39, 0.29) is 0 Å². The molecule has 26 heavy (non-hydrogen) atoms. The summed E-state index contributed by atoms with van der Waals surface area (Å²) in [6.45, 7) is 4.95. The maximum absolute atomic E-state index is 5.94. The van der Waals surface area contributed by atoms with E-state index in [9.17, 15) is 0 Å². The Hall–Kier alpha value is -2.17. The Kier molecular flexibility index (Phi) is 3.84. The van der Waals surface area contributed by atoms with E-state index in [1.807, 2.05) is 12.1 Å². The van der Waals surface area contributed by atoms with E-state index in [0.29, 0.717) is 11.8 Å². The van der Waals surface area contributed by atoms with Gasteiger partial charge < -0.3 is 4.74 Å². The van der Waals surface area contributed by atoms with Gasteiger partial charge in [-0.2, -0.15) is 4.98 Å². The predicted molar refractivity (Wildman–Crippen MR) is 102 cm³/mol. The van der Waals surface area contributed by atoms with Gasteiger partial charge in [-0.3, -0.25) is 4.40 Å². The van der Waals surface area contributed by atoms with Gasteiger partial charge in [0.05, 0.1) is 23.5 Å². The summed E-state index contributed by atoms with van der Waals surface area (Å²) in [5.41, 5.74) is 5.01. The molecule has 0 aromatic carbocycles. The third kappa shape index (κ3) is 2.74. The minimum Gasteiger partial charge on any atom is -0.477 e. The predicted octanol–water partition coefficient (Wildman–Crippen LogP) is 4.73. The minimum atomic E-state index is 0.521. The Bertz CT molecular complexity index is 967. The average Bonchev–Trinajstić information content (AvgIpc) is 3.42. The first-order chi connectivity index (χ1) is 12.7. The molecular formula is C21H26N4O. The Morgan fingerprint density at radius 1 is 0.962 bits per heavy atom. The van der Waals surface area contributed by atoms with E-state index in [4.69, 9.17) is 19.7 Å². The molecule has 0 unspecified atom stereocenters. The molecule has 0 atom stereocenters. The van der Waals surface area contributed by atoms with Gasteiger partial charge in [-0.25, -0.2) is 9.97 Å². The highest BCUT2D eigenvalue weighted by Crippen LogP contribution is 2.35. The molecular weight excluding hydrogens is 324 g/mol. The van der Waals surface area contributed by atoms with E-state index < -0.39 is 0 Å². The van der Waals surface area contributed by atoms with Crippen molar-refractivity contribution < 1.29 is 4.74 Å². The van der Waals surface area contributed by atoms with Gasteiger partial charge >= 0.3 is 0 Å². The van der Waals surface area contributed by atoms with Gasteiger partial charge in [-0.1, -0.05) is 19.3 Å². The van der Waals surface area contributed by atoms with Crippen molar-refractivity contribution in [2.24, 2.45) is 5.92 Å². The number of nitrogens with zero attached hydrogens (tertiary/aromatic N) is 4. The molecule has 2 aliphatic rings. The van der Waals surface area contributed by atoms with E-state index in [1.165, 1.54) is 50.8 Å². The third-order valence-corrected chi connectivity index (χ3v) is 5.88. The van der Waals surface area contributed by atoms with Gasteiger partial charge in [-0.05, 0) is 51.5 Å². The van der Waals surface area contributed by atoms with Crippen molar-refractivity contribution in [3.05, 3.63) is 29.3 Å². The number of imidazole rings is 1. The van der Waals surface area contributed by atoms with Crippen molar-refractivity contribution in [2.45, 2.75) is 64.7 Å². The van der Waals surface area contributed by atoms with Crippen LogP contribution in [-0.2, 0) is 0 Å². The number of ether oxygens (including phenoxy) is 1. The molecule has 0 aliphatic heterocycles. The van der Waals surface area contributed by atoms with Crippen LogP contribution in [0.25, 0.3) is 16.7 Å². The fourth-order valence-electron chi connectivity index (χ4n) is 4.30. The highest BCUT2D eigenvalue weighted by Gasteiger charge is 2.25. The zero-order valence-corrected chi connectivity index (χ0v) is 15.7. The third-order valence-electron chi connectivity index (χ3n) is 5.88. The Morgan fingerprint density at radius 3 is 2.50 bits per heavy atom. The minimum absolute atomic E-state index is 0.521. The van der Waals surface area contributed by atoms with Gasteiger partial charge in [0.25, 0.3) is 0 Å². The van der Waals surface area contributed by atoms with E-state index in [1.54, 1.807) is 0 Å². The smallest absolute Gasteiger partial charge is 0.215 e. The fourth-order valence-corrected chi connectivity index (χ4v) is 4.30. The summed E-state index contributed by atoms with van der Waals surface area (Å²) in [4.78, 5) is 14.6. The molecule has 0 spiro atoms. The van der Waals surface area contributed by atoms with Gasteiger partial charge in [-0.15, -0.1) is 0 Å². The zero-order valence-electron chi connectivity index (χ0n) is 15.7. The Labute approximate surface area is 153 Å². The lowest BCUT2D eigenvalue weighted by atomic mass is 9.89. The molecule has 5 nitrogen and oxygen atoms in total. The summed E-state index contributed by atoms with van der Waals surface area (Å²) in [5, 5.41) is 0. The van der Waals surface area contributed by atoms with Crippen LogP contribution in [0.3, 0.4) is 0 Å². The zero-order chi connectivity index (χ0) is 17.7. The largest absolute Gasteiger partial charge is 0.477 e. The monoisotopic (exact) mass is 350 g/mol. The van der Waals surface area contributed by atoms with Gasteiger partial charge in [0.1, 0.15) is 11.3 Å². The number of aromatic nitrogens is 4. The van der Waals surface area contributed by atoms with Crippen molar-refractivity contribution >= 4 is 16.7 Å². The lowest BCUT2D eigenvalue weighted by molar-refractivity contribution is 0.289. The van der Waals surface area contributed by atoms with Gasteiger partial charge in [0.2, 0.25) is 5.88 Å². The summed E-state index contributed by atoms with van der Waals surface area (Å²) in [6, 6.07) is 3.99. The molecule has 0 saturated heterocycles. The first-order valence-electron chi connectivity index (χ1n) is 10.00. The molecule has 5 heteroatoms.